The molecule has 0 aromatic carbocycles. The van der Waals surface area contributed by atoms with Crippen LogP contribution in [0.3, 0.4) is 0 Å². The van der Waals surface area contributed by atoms with Crippen LogP contribution < -0.4 is 5.32 Å². The van der Waals surface area contributed by atoms with Gasteiger partial charge in [0.1, 0.15) is 0 Å². The fraction of sp³-hybridized carbons (Fsp3) is 1.00. The van der Waals surface area contributed by atoms with Gasteiger partial charge in [0.05, 0.1) is 6.10 Å². The molecule has 1 saturated heterocycles. The van der Waals surface area contributed by atoms with Gasteiger partial charge in [0.2, 0.25) is 0 Å². The minimum absolute atomic E-state index is 0.160. The van der Waals surface area contributed by atoms with Crippen molar-refractivity contribution in [3.63, 3.8) is 0 Å². The highest BCUT2D eigenvalue weighted by Gasteiger charge is 2.32. The molecular formula is C8H17NO2. The number of hydrogen-bond donors (Lipinski definition) is 3. The Morgan fingerprint density at radius 1 is 1.45 bits per heavy atom. The van der Waals surface area contributed by atoms with Crippen LogP contribution in [0.1, 0.15) is 13.8 Å². The van der Waals surface area contributed by atoms with Crippen LogP contribution in [0.4, 0.5) is 0 Å². The summed E-state index contributed by atoms with van der Waals surface area (Å²) in [5.74, 6) is 0.414. The maximum Gasteiger partial charge on any atom is 0.0719 e. The van der Waals surface area contributed by atoms with E-state index in [0.717, 1.165) is 6.54 Å². The Hall–Kier alpha value is -0.120. The molecule has 0 spiro atoms. The second-order valence-electron chi connectivity index (χ2n) is 3.49. The van der Waals surface area contributed by atoms with Gasteiger partial charge in [0.15, 0.2) is 0 Å². The first-order chi connectivity index (χ1) is 5.16. The zero-order valence-electron chi connectivity index (χ0n) is 7.12. The highest BCUT2D eigenvalue weighted by atomic mass is 16.3. The number of nitrogens with one attached hydrogen (secondary N) is 1. The SMILES string of the molecule is CC1NCC(CO)C(C)C1O. The average Bonchev–Trinajstić information content (AvgIpc) is 2.01. The van der Waals surface area contributed by atoms with Gasteiger partial charge in [-0.2, -0.15) is 0 Å². The number of aliphatic hydroxyl groups excluding tert-OH is 2. The van der Waals surface area contributed by atoms with Crippen molar-refractivity contribution in [1.82, 2.24) is 5.32 Å². The quantitative estimate of drug-likeness (QED) is 0.487. The summed E-state index contributed by atoms with van der Waals surface area (Å²) in [5, 5.41) is 21.6. The van der Waals surface area contributed by atoms with Crippen molar-refractivity contribution < 1.29 is 10.2 Å². The minimum atomic E-state index is -0.319. The molecule has 0 aliphatic carbocycles. The molecule has 3 nitrogen and oxygen atoms in total. The van der Waals surface area contributed by atoms with E-state index >= 15 is 0 Å². The zero-order valence-corrected chi connectivity index (χ0v) is 7.12. The van der Waals surface area contributed by atoms with Gasteiger partial charge in [-0.15, -0.1) is 0 Å². The maximum atomic E-state index is 9.57. The number of rotatable bonds is 1. The van der Waals surface area contributed by atoms with E-state index in [-0.39, 0.29) is 30.6 Å². The normalized spacial score (nSPS) is 45.8. The van der Waals surface area contributed by atoms with E-state index in [1.807, 2.05) is 13.8 Å². The Morgan fingerprint density at radius 3 is 2.64 bits per heavy atom. The Bertz CT molecular complexity index is 127. The molecule has 3 heteroatoms. The summed E-state index contributed by atoms with van der Waals surface area (Å²) in [5.41, 5.74) is 0. The fourth-order valence-electron chi connectivity index (χ4n) is 1.61. The van der Waals surface area contributed by atoms with Crippen molar-refractivity contribution in [2.24, 2.45) is 11.8 Å². The van der Waals surface area contributed by atoms with Gasteiger partial charge in [-0.3, -0.25) is 0 Å². The molecule has 0 saturated carbocycles. The summed E-state index contributed by atoms with van der Waals surface area (Å²) >= 11 is 0. The van der Waals surface area contributed by atoms with Gasteiger partial charge in [0.25, 0.3) is 0 Å². The lowest BCUT2D eigenvalue weighted by atomic mass is 9.83. The van der Waals surface area contributed by atoms with Gasteiger partial charge in [0, 0.05) is 19.2 Å². The van der Waals surface area contributed by atoms with Crippen molar-refractivity contribution >= 4 is 0 Å². The molecule has 0 amide bonds. The van der Waals surface area contributed by atoms with Crippen molar-refractivity contribution in [3.8, 4) is 0 Å². The Morgan fingerprint density at radius 2 is 2.09 bits per heavy atom. The lowest BCUT2D eigenvalue weighted by Crippen LogP contribution is -2.52. The molecule has 1 heterocycles. The predicted octanol–water partition coefficient (Wildman–Crippen LogP) is -0.416. The standard InChI is InChI=1S/C8H17NO2/c1-5-7(4-10)3-9-6(2)8(5)11/h5-11H,3-4H2,1-2H3. The Balaban J connectivity index is 2.52. The van der Waals surface area contributed by atoms with Gasteiger partial charge in [-0.05, 0) is 18.8 Å². The third kappa shape index (κ3) is 1.72. The van der Waals surface area contributed by atoms with Gasteiger partial charge < -0.3 is 15.5 Å². The molecule has 0 aromatic heterocycles. The molecule has 1 rings (SSSR count). The maximum absolute atomic E-state index is 9.57. The monoisotopic (exact) mass is 159 g/mol. The summed E-state index contributed by atoms with van der Waals surface area (Å²) in [4.78, 5) is 0. The van der Waals surface area contributed by atoms with E-state index in [1.165, 1.54) is 0 Å². The van der Waals surface area contributed by atoms with E-state index in [1.54, 1.807) is 0 Å². The van der Waals surface area contributed by atoms with Crippen LogP contribution in [0.5, 0.6) is 0 Å². The third-order valence-corrected chi connectivity index (χ3v) is 2.73. The largest absolute Gasteiger partial charge is 0.396 e. The summed E-state index contributed by atoms with van der Waals surface area (Å²) in [6, 6.07) is 0.160. The van der Waals surface area contributed by atoms with Gasteiger partial charge >= 0.3 is 0 Å². The summed E-state index contributed by atoms with van der Waals surface area (Å²) in [6.45, 7) is 4.94. The van der Waals surface area contributed by atoms with E-state index in [9.17, 15) is 5.11 Å². The lowest BCUT2D eigenvalue weighted by molar-refractivity contribution is 0.00550. The van der Waals surface area contributed by atoms with Crippen LogP contribution in [0.25, 0.3) is 0 Å². The predicted molar refractivity (Wildman–Crippen MR) is 43.2 cm³/mol. The van der Waals surface area contributed by atoms with Crippen LogP contribution in [0, 0.1) is 11.8 Å². The van der Waals surface area contributed by atoms with Crippen molar-refractivity contribution in [2.75, 3.05) is 13.2 Å². The Kier molecular flexibility index (Phi) is 2.87. The highest BCUT2D eigenvalue weighted by Crippen LogP contribution is 2.21. The molecule has 0 aromatic rings. The fourth-order valence-corrected chi connectivity index (χ4v) is 1.61. The second-order valence-corrected chi connectivity index (χ2v) is 3.49. The molecule has 66 valence electrons. The third-order valence-electron chi connectivity index (χ3n) is 2.73. The molecule has 1 fully saturated rings. The smallest absolute Gasteiger partial charge is 0.0719 e. The molecule has 0 radical (unpaired) electrons. The topological polar surface area (TPSA) is 52.5 Å². The van der Waals surface area contributed by atoms with Gasteiger partial charge in [-0.25, -0.2) is 0 Å². The molecule has 4 atom stereocenters. The summed E-state index contributed by atoms with van der Waals surface area (Å²) < 4.78 is 0. The Labute approximate surface area is 67.4 Å². The van der Waals surface area contributed by atoms with Crippen LogP contribution in [-0.4, -0.2) is 35.5 Å². The first-order valence-corrected chi connectivity index (χ1v) is 4.19. The van der Waals surface area contributed by atoms with E-state index < -0.39 is 0 Å². The first-order valence-electron chi connectivity index (χ1n) is 4.19. The van der Waals surface area contributed by atoms with E-state index in [0.29, 0.717) is 0 Å². The van der Waals surface area contributed by atoms with Gasteiger partial charge in [-0.1, -0.05) is 6.92 Å². The molecule has 1 aliphatic heterocycles. The lowest BCUT2D eigenvalue weighted by Gasteiger charge is -2.37. The second kappa shape index (κ2) is 3.52. The first kappa shape index (κ1) is 8.97. The molecule has 4 unspecified atom stereocenters. The average molecular weight is 159 g/mol. The van der Waals surface area contributed by atoms with E-state index in [2.05, 4.69) is 5.32 Å². The van der Waals surface area contributed by atoms with E-state index in [4.69, 9.17) is 5.11 Å². The van der Waals surface area contributed by atoms with Crippen LogP contribution in [-0.2, 0) is 0 Å². The van der Waals surface area contributed by atoms with Crippen LogP contribution >= 0.6 is 0 Å². The number of hydrogen-bond acceptors (Lipinski definition) is 3. The molecular weight excluding hydrogens is 142 g/mol. The number of piperidine rings is 1. The number of aliphatic hydroxyl groups is 2. The zero-order chi connectivity index (χ0) is 8.43. The highest BCUT2D eigenvalue weighted by molar-refractivity contribution is 4.86. The molecule has 1 aliphatic rings. The molecule has 11 heavy (non-hydrogen) atoms. The summed E-state index contributed by atoms with van der Waals surface area (Å²) in [7, 11) is 0. The van der Waals surface area contributed by atoms with Crippen molar-refractivity contribution in [1.29, 1.82) is 0 Å². The molecule has 3 N–H and O–H groups in total. The van der Waals surface area contributed by atoms with Crippen LogP contribution in [0.15, 0.2) is 0 Å². The van der Waals surface area contributed by atoms with Crippen molar-refractivity contribution in [3.05, 3.63) is 0 Å². The van der Waals surface area contributed by atoms with Crippen LogP contribution in [0.2, 0.25) is 0 Å². The summed E-state index contributed by atoms with van der Waals surface area (Å²) in [6.07, 6.45) is -0.319. The minimum Gasteiger partial charge on any atom is -0.396 e. The van der Waals surface area contributed by atoms with Crippen molar-refractivity contribution in [2.45, 2.75) is 26.0 Å². The molecule has 0 bridgehead atoms.